The van der Waals surface area contributed by atoms with Crippen LogP contribution in [-0.4, -0.2) is 22.6 Å². The van der Waals surface area contributed by atoms with Gasteiger partial charge in [0, 0.05) is 24.0 Å². The molecule has 0 aliphatic heterocycles. The SMILES string of the molecule is CCCN(Cc1ccc(COc2ccc(C3CC3C(=O)O)cc2)cc1)c1nc(-c2ccc(C(F)(F)F)cc2)cs1. The van der Waals surface area contributed by atoms with Crippen LogP contribution in [0.5, 0.6) is 5.75 Å². The predicted octanol–water partition coefficient (Wildman–Crippen LogP) is 8.01. The first kappa shape index (κ1) is 27.7. The highest BCUT2D eigenvalue weighted by Gasteiger charge is 2.44. The first-order valence-electron chi connectivity index (χ1n) is 13.1. The summed E-state index contributed by atoms with van der Waals surface area (Å²) in [6.07, 6.45) is -2.74. The summed E-state index contributed by atoms with van der Waals surface area (Å²) >= 11 is 1.48. The summed E-state index contributed by atoms with van der Waals surface area (Å²) in [6.45, 7) is 3.98. The molecule has 2 atom stereocenters. The molecule has 0 amide bonds. The van der Waals surface area contributed by atoms with E-state index >= 15 is 0 Å². The quantitative estimate of drug-likeness (QED) is 0.199. The number of ether oxygens (including phenoxy) is 1. The van der Waals surface area contributed by atoms with Gasteiger partial charge in [-0.2, -0.15) is 13.2 Å². The van der Waals surface area contributed by atoms with Crippen LogP contribution in [0.4, 0.5) is 18.3 Å². The van der Waals surface area contributed by atoms with Crippen molar-refractivity contribution in [1.82, 2.24) is 4.98 Å². The number of hydrogen-bond acceptors (Lipinski definition) is 5. The van der Waals surface area contributed by atoms with Crippen LogP contribution in [0.1, 0.15) is 47.9 Å². The number of hydrogen-bond donors (Lipinski definition) is 1. The van der Waals surface area contributed by atoms with Crippen molar-refractivity contribution in [3.8, 4) is 17.0 Å². The third kappa shape index (κ3) is 6.65. The van der Waals surface area contributed by atoms with Gasteiger partial charge in [0.2, 0.25) is 0 Å². The Morgan fingerprint density at radius 1 is 1.02 bits per heavy atom. The predicted molar refractivity (Wildman–Crippen MR) is 150 cm³/mol. The number of benzene rings is 3. The summed E-state index contributed by atoms with van der Waals surface area (Å²) < 4.78 is 44.6. The summed E-state index contributed by atoms with van der Waals surface area (Å²) in [7, 11) is 0. The number of rotatable bonds is 11. The first-order valence-corrected chi connectivity index (χ1v) is 14.0. The molecule has 1 aliphatic rings. The molecule has 1 fully saturated rings. The molecular weight excluding hydrogens is 537 g/mol. The van der Waals surface area contributed by atoms with Gasteiger partial charge in [0.05, 0.1) is 17.2 Å². The van der Waals surface area contributed by atoms with E-state index in [0.717, 1.165) is 52.7 Å². The van der Waals surface area contributed by atoms with Crippen LogP contribution in [-0.2, 0) is 24.1 Å². The summed E-state index contributed by atoms with van der Waals surface area (Å²) in [5.41, 5.74) is 3.83. The maximum absolute atomic E-state index is 12.9. The molecule has 1 N–H and O–H groups in total. The van der Waals surface area contributed by atoms with E-state index in [1.54, 1.807) is 0 Å². The lowest BCUT2D eigenvalue weighted by atomic mass is 10.1. The van der Waals surface area contributed by atoms with Gasteiger partial charge in [-0.1, -0.05) is 55.5 Å². The summed E-state index contributed by atoms with van der Waals surface area (Å²) in [4.78, 5) is 18.0. The fraction of sp³-hybridized carbons (Fsp3) is 0.290. The van der Waals surface area contributed by atoms with Crippen LogP contribution in [0.3, 0.4) is 0 Å². The monoisotopic (exact) mass is 566 g/mol. The highest BCUT2D eigenvalue weighted by molar-refractivity contribution is 7.14. The number of carboxylic acids is 1. The largest absolute Gasteiger partial charge is 0.489 e. The second-order valence-corrected chi connectivity index (χ2v) is 10.8. The van der Waals surface area contributed by atoms with E-state index < -0.39 is 17.7 Å². The molecule has 1 aliphatic carbocycles. The second-order valence-electron chi connectivity index (χ2n) is 9.97. The van der Waals surface area contributed by atoms with Crippen molar-refractivity contribution in [3.05, 3.63) is 100 Å². The molecule has 9 heteroatoms. The molecule has 0 spiro atoms. The van der Waals surface area contributed by atoms with E-state index in [9.17, 15) is 18.0 Å². The van der Waals surface area contributed by atoms with Gasteiger partial charge in [-0.3, -0.25) is 4.79 Å². The maximum atomic E-state index is 12.9. The number of anilines is 1. The van der Waals surface area contributed by atoms with Gasteiger partial charge in [0.25, 0.3) is 0 Å². The average Bonchev–Trinajstić information content (AvgIpc) is 3.61. The third-order valence-corrected chi connectivity index (χ3v) is 7.88. The number of alkyl halides is 3. The van der Waals surface area contributed by atoms with Gasteiger partial charge in [0.1, 0.15) is 12.4 Å². The normalized spacial score (nSPS) is 16.5. The summed E-state index contributed by atoms with van der Waals surface area (Å²) in [5.74, 6) is -0.161. The molecule has 208 valence electrons. The van der Waals surface area contributed by atoms with Gasteiger partial charge in [-0.25, -0.2) is 4.98 Å². The van der Waals surface area contributed by atoms with Crippen molar-refractivity contribution in [2.24, 2.45) is 5.92 Å². The molecule has 1 saturated carbocycles. The maximum Gasteiger partial charge on any atom is 0.416 e. The zero-order valence-electron chi connectivity index (χ0n) is 21.9. The van der Waals surface area contributed by atoms with Gasteiger partial charge in [0.15, 0.2) is 5.13 Å². The molecule has 0 saturated heterocycles. The lowest BCUT2D eigenvalue weighted by molar-refractivity contribution is -0.139. The molecule has 1 heterocycles. The molecule has 0 radical (unpaired) electrons. The molecule has 5 nitrogen and oxygen atoms in total. The third-order valence-electron chi connectivity index (χ3n) is 6.98. The number of aromatic nitrogens is 1. The van der Waals surface area contributed by atoms with E-state index in [0.29, 0.717) is 30.8 Å². The summed E-state index contributed by atoms with van der Waals surface area (Å²) in [6, 6.07) is 20.9. The van der Waals surface area contributed by atoms with Gasteiger partial charge < -0.3 is 14.7 Å². The number of nitrogens with zero attached hydrogens (tertiary/aromatic N) is 2. The van der Waals surface area contributed by atoms with Crippen LogP contribution in [0.25, 0.3) is 11.3 Å². The number of carbonyl (C=O) groups is 1. The number of carboxylic acid groups (broad SMARTS) is 1. The molecule has 3 aromatic carbocycles. The lowest BCUT2D eigenvalue weighted by Gasteiger charge is -2.21. The average molecular weight is 567 g/mol. The zero-order chi connectivity index (χ0) is 28.3. The lowest BCUT2D eigenvalue weighted by Crippen LogP contribution is -2.23. The molecule has 40 heavy (non-hydrogen) atoms. The van der Waals surface area contributed by atoms with E-state index in [2.05, 4.69) is 24.0 Å². The molecule has 5 rings (SSSR count). The van der Waals surface area contributed by atoms with Crippen molar-refractivity contribution in [2.75, 3.05) is 11.4 Å². The van der Waals surface area contributed by atoms with Crippen molar-refractivity contribution < 1.29 is 27.8 Å². The Balaban J connectivity index is 1.17. The smallest absolute Gasteiger partial charge is 0.416 e. The minimum absolute atomic E-state index is 0.104. The molecule has 4 aromatic rings. The highest BCUT2D eigenvalue weighted by atomic mass is 32.1. The zero-order valence-corrected chi connectivity index (χ0v) is 22.7. The molecule has 1 aromatic heterocycles. The van der Waals surface area contributed by atoms with Gasteiger partial charge in [-0.05, 0) is 59.7 Å². The van der Waals surface area contributed by atoms with Crippen molar-refractivity contribution in [2.45, 2.75) is 45.0 Å². The fourth-order valence-electron chi connectivity index (χ4n) is 4.66. The Hall–Kier alpha value is -3.85. The Morgan fingerprint density at radius 3 is 2.30 bits per heavy atom. The van der Waals surface area contributed by atoms with Gasteiger partial charge in [-0.15, -0.1) is 11.3 Å². The van der Waals surface area contributed by atoms with Crippen LogP contribution < -0.4 is 9.64 Å². The summed E-state index contributed by atoms with van der Waals surface area (Å²) in [5, 5.41) is 11.8. The number of thiazole rings is 1. The van der Waals surface area contributed by atoms with Crippen LogP contribution >= 0.6 is 11.3 Å². The Morgan fingerprint density at radius 2 is 1.70 bits per heavy atom. The standard InChI is InChI=1S/C31H29F3N2O3S/c1-2-15-36(30-35-28(19-40-30)23-7-11-24(12-8-23)31(32,33)34)17-20-3-5-21(6-4-20)18-39-25-13-9-22(10-14-25)26-16-27(26)29(37)38/h3-14,19,26-27H,2,15-18H2,1H3,(H,37,38). The number of aliphatic carboxylic acids is 1. The van der Waals surface area contributed by atoms with E-state index in [1.165, 1.54) is 23.5 Å². The minimum Gasteiger partial charge on any atom is -0.489 e. The molecular formula is C31H29F3N2O3S. The van der Waals surface area contributed by atoms with E-state index in [-0.39, 0.29) is 11.8 Å². The van der Waals surface area contributed by atoms with E-state index in [1.807, 2.05) is 41.8 Å². The van der Waals surface area contributed by atoms with Crippen molar-refractivity contribution in [3.63, 3.8) is 0 Å². The van der Waals surface area contributed by atoms with Gasteiger partial charge >= 0.3 is 12.1 Å². The van der Waals surface area contributed by atoms with Crippen molar-refractivity contribution in [1.29, 1.82) is 0 Å². The molecule has 0 bridgehead atoms. The molecule has 2 unspecified atom stereocenters. The minimum atomic E-state index is -4.36. The van der Waals surface area contributed by atoms with Crippen LogP contribution in [0.2, 0.25) is 0 Å². The Bertz CT molecular complexity index is 1430. The Labute approximate surface area is 234 Å². The van der Waals surface area contributed by atoms with Crippen LogP contribution in [0, 0.1) is 5.92 Å². The van der Waals surface area contributed by atoms with Crippen LogP contribution in [0.15, 0.2) is 78.2 Å². The first-order chi connectivity index (χ1) is 19.2. The number of halogens is 3. The Kier molecular flexibility index (Phi) is 8.12. The topological polar surface area (TPSA) is 62.7 Å². The van der Waals surface area contributed by atoms with E-state index in [4.69, 9.17) is 14.8 Å². The highest BCUT2D eigenvalue weighted by Crippen LogP contribution is 2.47. The second kappa shape index (κ2) is 11.7. The van der Waals surface area contributed by atoms with Crippen molar-refractivity contribution >= 4 is 22.4 Å². The fourth-order valence-corrected chi connectivity index (χ4v) is 5.52.